The van der Waals surface area contributed by atoms with E-state index in [-0.39, 0.29) is 6.61 Å². The molecular formula is C23H19ClN3OS+. The van der Waals surface area contributed by atoms with E-state index >= 15 is 0 Å². The van der Waals surface area contributed by atoms with Crippen LogP contribution in [0.3, 0.4) is 0 Å². The molecular weight excluding hydrogens is 402 g/mol. The Hall–Kier alpha value is -2.78. The van der Waals surface area contributed by atoms with E-state index in [4.69, 9.17) is 11.6 Å². The Morgan fingerprint density at radius 1 is 1.28 bits per heavy atom. The molecule has 3 aromatic rings. The lowest BCUT2D eigenvalue weighted by Gasteiger charge is -2.14. The number of pyridine rings is 1. The van der Waals surface area contributed by atoms with E-state index in [0.717, 1.165) is 32.1 Å². The minimum absolute atomic E-state index is 0.0860. The molecule has 4 nitrogen and oxygen atoms in total. The summed E-state index contributed by atoms with van der Waals surface area (Å²) in [6.45, 7) is 0.628. The van der Waals surface area contributed by atoms with Gasteiger partial charge in [-0.05, 0) is 35.9 Å². The van der Waals surface area contributed by atoms with Crippen LogP contribution < -0.4 is 9.47 Å². The van der Waals surface area contributed by atoms with Gasteiger partial charge in [0.05, 0.1) is 21.7 Å². The quantitative estimate of drug-likeness (QED) is 0.488. The zero-order valence-electron chi connectivity index (χ0n) is 15.8. The van der Waals surface area contributed by atoms with E-state index in [1.807, 2.05) is 77.3 Å². The van der Waals surface area contributed by atoms with Crippen LogP contribution in [0.1, 0.15) is 5.56 Å². The molecule has 0 atom stereocenters. The highest BCUT2D eigenvalue weighted by Crippen LogP contribution is 2.47. The topological polar surface area (TPSA) is 51.1 Å². The van der Waals surface area contributed by atoms with E-state index in [9.17, 15) is 10.4 Å². The Kier molecular flexibility index (Phi) is 5.59. The number of aliphatic hydroxyl groups excluding tert-OH is 1. The molecule has 0 spiro atoms. The Bertz CT molecular complexity index is 1200. The van der Waals surface area contributed by atoms with E-state index in [0.29, 0.717) is 17.1 Å². The van der Waals surface area contributed by atoms with Crippen LogP contribution in [0.5, 0.6) is 0 Å². The summed E-state index contributed by atoms with van der Waals surface area (Å²) in [5.74, 6) is 0. The molecule has 1 aliphatic heterocycles. The zero-order chi connectivity index (χ0) is 20.4. The maximum atomic E-state index is 9.79. The standard InChI is InChI=1S/C23H19ClN3OS/c1-26-21-9-8-18(24)14-22(21)29-23(26)17(15-25)7-6-16-10-11-27(12-13-28)20-5-3-2-4-19(16)20/h2-11,14,28H,12-13H2,1H3/q+1. The average Bonchev–Trinajstić information content (AvgIpc) is 3.05. The van der Waals surface area contributed by atoms with Crippen molar-refractivity contribution in [2.75, 3.05) is 18.6 Å². The summed E-state index contributed by atoms with van der Waals surface area (Å²) >= 11 is 7.67. The van der Waals surface area contributed by atoms with Crippen molar-refractivity contribution in [3.8, 4) is 6.07 Å². The Labute approximate surface area is 179 Å². The summed E-state index contributed by atoms with van der Waals surface area (Å²) in [6.07, 6.45) is 5.80. The fourth-order valence-corrected chi connectivity index (χ4v) is 4.85. The number of hydrogen-bond donors (Lipinski definition) is 1. The van der Waals surface area contributed by atoms with Crippen molar-refractivity contribution in [3.63, 3.8) is 0 Å². The molecule has 0 bridgehead atoms. The second-order valence-electron chi connectivity index (χ2n) is 6.64. The van der Waals surface area contributed by atoms with Crippen LogP contribution in [-0.2, 0) is 6.54 Å². The number of rotatable bonds is 4. The van der Waals surface area contributed by atoms with Crippen molar-refractivity contribution in [1.29, 1.82) is 5.26 Å². The van der Waals surface area contributed by atoms with E-state index in [1.165, 1.54) is 0 Å². The van der Waals surface area contributed by atoms with Gasteiger partial charge in [0, 0.05) is 29.1 Å². The number of thioether (sulfide) groups is 1. The fraction of sp³-hybridized carbons (Fsp3) is 0.130. The first-order chi connectivity index (χ1) is 14.1. The molecule has 0 aliphatic carbocycles. The van der Waals surface area contributed by atoms with Crippen molar-refractivity contribution in [2.45, 2.75) is 11.4 Å². The zero-order valence-corrected chi connectivity index (χ0v) is 17.4. The van der Waals surface area contributed by atoms with E-state index < -0.39 is 0 Å². The van der Waals surface area contributed by atoms with Crippen LogP contribution in [0.15, 0.2) is 76.3 Å². The maximum absolute atomic E-state index is 9.79. The van der Waals surface area contributed by atoms with Crippen LogP contribution >= 0.6 is 23.4 Å². The number of benzene rings is 2. The van der Waals surface area contributed by atoms with Gasteiger partial charge in [-0.1, -0.05) is 41.6 Å². The Balaban J connectivity index is 1.73. The third-order valence-corrected chi connectivity index (χ3v) is 6.34. The number of fused-ring (bicyclic) bond motifs is 2. The largest absolute Gasteiger partial charge is 0.390 e. The third kappa shape index (κ3) is 3.75. The number of nitriles is 1. The molecule has 29 heavy (non-hydrogen) atoms. The van der Waals surface area contributed by atoms with Crippen molar-refractivity contribution in [2.24, 2.45) is 0 Å². The van der Waals surface area contributed by atoms with Crippen molar-refractivity contribution in [1.82, 2.24) is 0 Å². The predicted molar refractivity (Wildman–Crippen MR) is 119 cm³/mol. The van der Waals surface area contributed by atoms with Gasteiger partial charge in [0.1, 0.15) is 12.7 Å². The molecule has 0 unspecified atom stereocenters. The number of anilines is 1. The van der Waals surface area contributed by atoms with Crippen LogP contribution in [0, 0.1) is 11.3 Å². The first-order valence-electron chi connectivity index (χ1n) is 9.18. The number of halogens is 1. The monoisotopic (exact) mass is 420 g/mol. The SMILES string of the molecule is CN1C(=C(C#N)C=Cc2cc[n+](CCO)c3ccccc23)Sc2cc(Cl)ccc21. The van der Waals surface area contributed by atoms with Gasteiger partial charge in [-0.3, -0.25) is 0 Å². The maximum Gasteiger partial charge on any atom is 0.213 e. The minimum atomic E-state index is 0.0860. The van der Waals surface area contributed by atoms with Crippen LogP contribution in [0.25, 0.3) is 17.0 Å². The lowest BCUT2D eigenvalue weighted by atomic mass is 10.1. The summed E-state index contributed by atoms with van der Waals surface area (Å²) < 4.78 is 2.03. The van der Waals surface area contributed by atoms with Crippen molar-refractivity contribution >= 4 is 46.0 Å². The highest BCUT2D eigenvalue weighted by atomic mass is 35.5. The van der Waals surface area contributed by atoms with Gasteiger partial charge in [-0.25, -0.2) is 0 Å². The second-order valence-corrected chi connectivity index (χ2v) is 8.11. The molecule has 4 rings (SSSR count). The molecule has 1 aromatic heterocycles. The summed E-state index contributed by atoms with van der Waals surface area (Å²) in [5.41, 5.74) is 3.71. The number of nitrogens with zero attached hydrogens (tertiary/aromatic N) is 3. The number of allylic oxidation sites excluding steroid dienone is 2. The second kappa shape index (κ2) is 8.30. The van der Waals surface area contributed by atoms with Crippen LogP contribution in [0.2, 0.25) is 5.02 Å². The highest BCUT2D eigenvalue weighted by molar-refractivity contribution is 8.03. The summed E-state index contributed by atoms with van der Waals surface area (Å²) in [6, 6.07) is 18.2. The van der Waals surface area contributed by atoms with Gasteiger partial charge in [0.15, 0.2) is 12.7 Å². The summed E-state index contributed by atoms with van der Waals surface area (Å²) in [7, 11) is 1.96. The van der Waals surface area contributed by atoms with Crippen LogP contribution in [-0.4, -0.2) is 18.8 Å². The molecule has 0 radical (unpaired) electrons. The molecule has 1 N–H and O–H groups in total. The van der Waals surface area contributed by atoms with Gasteiger partial charge in [0.25, 0.3) is 0 Å². The van der Waals surface area contributed by atoms with E-state index in [1.54, 1.807) is 11.8 Å². The number of hydrogen-bond acceptors (Lipinski definition) is 4. The molecule has 144 valence electrons. The lowest BCUT2D eigenvalue weighted by molar-refractivity contribution is -0.672. The van der Waals surface area contributed by atoms with Crippen LogP contribution in [0.4, 0.5) is 5.69 Å². The first kappa shape index (κ1) is 19.5. The lowest BCUT2D eigenvalue weighted by Crippen LogP contribution is -2.36. The minimum Gasteiger partial charge on any atom is -0.390 e. The molecule has 1 aliphatic rings. The molecule has 2 heterocycles. The molecule has 0 amide bonds. The highest BCUT2D eigenvalue weighted by Gasteiger charge is 2.24. The first-order valence-corrected chi connectivity index (χ1v) is 10.4. The van der Waals surface area contributed by atoms with Gasteiger partial charge in [-0.15, -0.1) is 0 Å². The van der Waals surface area contributed by atoms with E-state index in [2.05, 4.69) is 12.1 Å². The Morgan fingerprint density at radius 2 is 2.10 bits per heavy atom. The number of para-hydroxylation sites is 1. The smallest absolute Gasteiger partial charge is 0.213 e. The fourth-order valence-electron chi connectivity index (χ4n) is 3.45. The van der Waals surface area contributed by atoms with Gasteiger partial charge in [-0.2, -0.15) is 9.83 Å². The molecule has 0 fully saturated rings. The normalized spacial score (nSPS) is 15.0. The van der Waals surface area contributed by atoms with Gasteiger partial charge < -0.3 is 10.0 Å². The van der Waals surface area contributed by atoms with Gasteiger partial charge >= 0.3 is 0 Å². The number of aromatic nitrogens is 1. The molecule has 0 saturated carbocycles. The summed E-state index contributed by atoms with van der Waals surface area (Å²) in [4.78, 5) is 3.07. The van der Waals surface area contributed by atoms with Gasteiger partial charge in [0.2, 0.25) is 5.52 Å². The van der Waals surface area contributed by atoms with Crippen molar-refractivity contribution < 1.29 is 9.67 Å². The molecule has 2 aromatic carbocycles. The predicted octanol–water partition coefficient (Wildman–Crippen LogP) is 4.76. The average molecular weight is 421 g/mol. The molecule has 6 heteroatoms. The third-order valence-electron chi connectivity index (χ3n) is 4.87. The van der Waals surface area contributed by atoms with Crippen molar-refractivity contribution in [3.05, 3.63) is 82.0 Å². The number of aliphatic hydroxyl groups is 1. The summed E-state index contributed by atoms with van der Waals surface area (Å²) in [5, 5.41) is 21.7. The molecule has 0 saturated heterocycles. The Morgan fingerprint density at radius 3 is 2.90 bits per heavy atom.